The number of hydrogen-bond donors (Lipinski definition) is 2. The zero-order valence-electron chi connectivity index (χ0n) is 13.2. The Balaban J connectivity index is 2.51. The summed E-state index contributed by atoms with van der Waals surface area (Å²) in [4.78, 5) is 31.9. The molecular formula is C16H15N3O6. The van der Waals surface area contributed by atoms with Crippen molar-refractivity contribution in [2.24, 2.45) is 0 Å². The number of nitrogens with one attached hydrogen (secondary N) is 1. The van der Waals surface area contributed by atoms with Crippen molar-refractivity contribution >= 4 is 23.0 Å². The molecule has 0 saturated heterocycles. The molecule has 0 aliphatic rings. The quantitative estimate of drug-likeness (QED) is 0.580. The van der Waals surface area contributed by atoms with E-state index in [2.05, 4.69) is 5.32 Å². The van der Waals surface area contributed by atoms with Crippen LogP contribution in [0.1, 0.15) is 18.9 Å². The molecule has 2 rings (SSSR count). The number of carboxylic acids is 1. The molecule has 0 amide bonds. The van der Waals surface area contributed by atoms with Crippen molar-refractivity contribution in [3.8, 4) is 0 Å². The van der Waals surface area contributed by atoms with Crippen molar-refractivity contribution in [2.45, 2.75) is 18.9 Å². The van der Waals surface area contributed by atoms with Crippen LogP contribution in [0.4, 0.5) is 17.1 Å². The summed E-state index contributed by atoms with van der Waals surface area (Å²) in [7, 11) is 0. The third kappa shape index (κ3) is 4.08. The van der Waals surface area contributed by atoms with Gasteiger partial charge in [-0.3, -0.25) is 25.0 Å². The molecular weight excluding hydrogens is 330 g/mol. The zero-order valence-corrected chi connectivity index (χ0v) is 13.2. The number of carboxylic acid groups (broad SMARTS) is 1. The molecule has 9 heteroatoms. The SMILES string of the molecule is C[C@](CC(=O)O)(Nc1ccc([N+](=O)[O-])cc1[N+](=O)[O-])c1ccccc1. The van der Waals surface area contributed by atoms with Crippen LogP contribution in [-0.2, 0) is 10.3 Å². The monoisotopic (exact) mass is 345 g/mol. The van der Waals surface area contributed by atoms with Crippen molar-refractivity contribution in [2.75, 3.05) is 5.32 Å². The van der Waals surface area contributed by atoms with E-state index in [1.807, 2.05) is 0 Å². The van der Waals surface area contributed by atoms with Crippen LogP contribution in [0, 0.1) is 20.2 Å². The molecule has 1 atom stereocenters. The Morgan fingerprint density at radius 2 is 1.76 bits per heavy atom. The van der Waals surface area contributed by atoms with Crippen LogP contribution in [0.25, 0.3) is 0 Å². The number of aliphatic carboxylic acids is 1. The summed E-state index contributed by atoms with van der Waals surface area (Å²) in [5.74, 6) is -1.09. The van der Waals surface area contributed by atoms with Gasteiger partial charge in [0.25, 0.3) is 11.4 Å². The van der Waals surface area contributed by atoms with E-state index in [4.69, 9.17) is 0 Å². The molecule has 0 radical (unpaired) electrons. The lowest BCUT2D eigenvalue weighted by molar-refractivity contribution is -0.393. The summed E-state index contributed by atoms with van der Waals surface area (Å²) >= 11 is 0. The summed E-state index contributed by atoms with van der Waals surface area (Å²) in [6, 6.07) is 11.8. The van der Waals surface area contributed by atoms with E-state index in [9.17, 15) is 30.1 Å². The number of carbonyl (C=O) groups is 1. The first-order valence-electron chi connectivity index (χ1n) is 7.21. The molecule has 0 heterocycles. The van der Waals surface area contributed by atoms with Gasteiger partial charge in [0.1, 0.15) is 5.69 Å². The van der Waals surface area contributed by atoms with Crippen LogP contribution in [0.5, 0.6) is 0 Å². The molecule has 0 unspecified atom stereocenters. The number of hydrogen-bond acceptors (Lipinski definition) is 6. The Bertz CT molecular complexity index is 824. The smallest absolute Gasteiger partial charge is 0.306 e. The van der Waals surface area contributed by atoms with Crippen LogP contribution in [0.3, 0.4) is 0 Å². The molecule has 130 valence electrons. The largest absolute Gasteiger partial charge is 0.481 e. The summed E-state index contributed by atoms with van der Waals surface area (Å²) < 4.78 is 0. The van der Waals surface area contributed by atoms with Gasteiger partial charge in [-0.2, -0.15) is 0 Å². The maximum Gasteiger partial charge on any atom is 0.306 e. The highest BCUT2D eigenvalue weighted by molar-refractivity contribution is 5.72. The maximum atomic E-state index is 11.3. The average molecular weight is 345 g/mol. The Morgan fingerprint density at radius 3 is 2.28 bits per heavy atom. The summed E-state index contributed by atoms with van der Waals surface area (Å²) in [5, 5.41) is 34.2. The minimum Gasteiger partial charge on any atom is -0.481 e. The van der Waals surface area contributed by atoms with Gasteiger partial charge in [-0.15, -0.1) is 0 Å². The van der Waals surface area contributed by atoms with E-state index >= 15 is 0 Å². The van der Waals surface area contributed by atoms with Crippen LogP contribution in [0.15, 0.2) is 48.5 Å². The molecule has 0 saturated carbocycles. The lowest BCUT2D eigenvalue weighted by Gasteiger charge is -2.31. The van der Waals surface area contributed by atoms with Gasteiger partial charge in [0.05, 0.1) is 27.9 Å². The molecule has 2 aromatic carbocycles. The molecule has 2 N–H and O–H groups in total. The molecule has 0 fully saturated rings. The van der Waals surface area contributed by atoms with E-state index in [1.165, 1.54) is 6.07 Å². The Labute approximate surface area is 142 Å². The number of nitro benzene ring substituents is 2. The van der Waals surface area contributed by atoms with Crippen LogP contribution < -0.4 is 5.32 Å². The number of non-ortho nitro benzene ring substituents is 1. The van der Waals surface area contributed by atoms with Gasteiger partial charge in [0.2, 0.25) is 0 Å². The fourth-order valence-corrected chi connectivity index (χ4v) is 2.51. The van der Waals surface area contributed by atoms with Crippen LogP contribution in [-0.4, -0.2) is 20.9 Å². The molecule has 0 aliphatic heterocycles. The number of nitrogens with zero attached hydrogens (tertiary/aromatic N) is 2. The molecule has 9 nitrogen and oxygen atoms in total. The lowest BCUT2D eigenvalue weighted by atomic mass is 9.88. The molecule has 2 aromatic rings. The van der Waals surface area contributed by atoms with Crippen molar-refractivity contribution in [3.05, 3.63) is 74.3 Å². The topological polar surface area (TPSA) is 136 Å². The fraction of sp³-hybridized carbons (Fsp3) is 0.188. The van der Waals surface area contributed by atoms with E-state index in [0.29, 0.717) is 5.56 Å². The van der Waals surface area contributed by atoms with E-state index in [0.717, 1.165) is 12.1 Å². The third-order valence-electron chi connectivity index (χ3n) is 3.72. The first kappa shape index (κ1) is 17.9. The maximum absolute atomic E-state index is 11.3. The molecule has 0 bridgehead atoms. The lowest BCUT2D eigenvalue weighted by Crippen LogP contribution is -2.34. The van der Waals surface area contributed by atoms with Crippen LogP contribution in [0.2, 0.25) is 0 Å². The van der Waals surface area contributed by atoms with E-state index in [1.54, 1.807) is 37.3 Å². The second-order valence-electron chi connectivity index (χ2n) is 5.61. The first-order valence-corrected chi connectivity index (χ1v) is 7.21. The van der Waals surface area contributed by atoms with Gasteiger partial charge in [-0.25, -0.2) is 0 Å². The van der Waals surface area contributed by atoms with E-state index in [-0.39, 0.29) is 12.1 Å². The van der Waals surface area contributed by atoms with Crippen molar-refractivity contribution in [1.82, 2.24) is 0 Å². The van der Waals surface area contributed by atoms with Gasteiger partial charge in [0, 0.05) is 6.07 Å². The normalized spacial score (nSPS) is 12.8. The Morgan fingerprint density at radius 1 is 1.12 bits per heavy atom. The second-order valence-corrected chi connectivity index (χ2v) is 5.61. The van der Waals surface area contributed by atoms with Gasteiger partial charge in [-0.1, -0.05) is 30.3 Å². The molecule has 25 heavy (non-hydrogen) atoms. The Kier molecular flexibility index (Phi) is 4.97. The second kappa shape index (κ2) is 6.95. The standard InChI is InChI=1S/C16H15N3O6/c1-16(10-15(20)21,11-5-3-2-4-6-11)17-13-8-7-12(18(22)23)9-14(13)19(24)25/h2-9,17H,10H2,1H3,(H,20,21)/t16-/m1/s1. The van der Waals surface area contributed by atoms with Gasteiger partial charge in [0.15, 0.2) is 0 Å². The highest BCUT2D eigenvalue weighted by atomic mass is 16.6. The van der Waals surface area contributed by atoms with Gasteiger partial charge < -0.3 is 10.4 Å². The highest BCUT2D eigenvalue weighted by Crippen LogP contribution is 2.35. The molecule has 0 spiro atoms. The number of rotatable bonds is 7. The Hall–Kier alpha value is -3.49. The number of benzene rings is 2. The zero-order chi connectivity index (χ0) is 18.6. The molecule has 0 aromatic heterocycles. The number of nitro groups is 2. The third-order valence-corrected chi connectivity index (χ3v) is 3.72. The predicted octanol–water partition coefficient (Wildman–Crippen LogP) is 3.31. The highest BCUT2D eigenvalue weighted by Gasteiger charge is 2.32. The molecule has 0 aliphatic carbocycles. The van der Waals surface area contributed by atoms with Gasteiger partial charge in [-0.05, 0) is 18.6 Å². The van der Waals surface area contributed by atoms with Crippen LogP contribution >= 0.6 is 0 Å². The van der Waals surface area contributed by atoms with Gasteiger partial charge >= 0.3 is 5.97 Å². The minimum atomic E-state index is -1.14. The average Bonchev–Trinajstić information content (AvgIpc) is 2.54. The fourth-order valence-electron chi connectivity index (χ4n) is 2.51. The van der Waals surface area contributed by atoms with Crippen molar-refractivity contribution in [1.29, 1.82) is 0 Å². The van der Waals surface area contributed by atoms with Crippen molar-refractivity contribution < 1.29 is 19.7 Å². The summed E-state index contributed by atoms with van der Waals surface area (Å²) in [5.41, 5.74) is -1.44. The number of anilines is 1. The first-order chi connectivity index (χ1) is 11.7. The summed E-state index contributed by atoms with van der Waals surface area (Å²) in [6.07, 6.45) is -0.342. The van der Waals surface area contributed by atoms with Crippen molar-refractivity contribution in [3.63, 3.8) is 0 Å². The minimum absolute atomic E-state index is 0.00297. The predicted molar refractivity (Wildman–Crippen MR) is 89.4 cm³/mol. The summed E-state index contributed by atoms with van der Waals surface area (Å²) in [6.45, 7) is 1.60. The van der Waals surface area contributed by atoms with E-state index < -0.39 is 32.7 Å².